The van der Waals surface area contributed by atoms with Crippen LogP contribution in [0.4, 0.5) is 0 Å². The number of nitrogens with zero attached hydrogens (tertiary/aromatic N) is 2. The molecule has 11 heteroatoms. The first-order valence-electron chi connectivity index (χ1n) is 11.6. The van der Waals surface area contributed by atoms with E-state index in [1.54, 1.807) is 51.3 Å². The molecule has 198 valence electrons. The molecule has 3 aromatic rings. The molecule has 9 nitrogen and oxygen atoms in total. The summed E-state index contributed by atoms with van der Waals surface area (Å²) in [5, 5.41) is 0. The second-order valence-corrected chi connectivity index (χ2v) is 10.1. The zero-order valence-corrected chi connectivity index (χ0v) is 23.8. The minimum absolute atomic E-state index is 0.190. The largest absolute Gasteiger partial charge is 0.497 e. The number of methoxy groups -OCH3 is 2. The highest BCUT2D eigenvalue weighted by atomic mass is 79.9. The second-order valence-electron chi connectivity index (χ2n) is 8.20. The SMILES string of the molecule is CCOC(=O)C1=C(C)N=c2s/c(=C\c3cc(Br)c(OC(C)=O)c(OC)c3)c(=O)n2[C@@H]1c1ccc(OC)cc1. The monoisotopic (exact) mass is 600 g/mol. The van der Waals surface area contributed by atoms with E-state index in [0.717, 1.165) is 0 Å². The Hall–Kier alpha value is -3.70. The third-order valence-electron chi connectivity index (χ3n) is 5.74. The van der Waals surface area contributed by atoms with Crippen LogP contribution in [0.15, 0.2) is 61.9 Å². The molecule has 0 fully saturated rings. The van der Waals surface area contributed by atoms with Crippen LogP contribution < -0.4 is 29.1 Å². The smallest absolute Gasteiger partial charge is 0.338 e. The molecule has 0 N–H and O–H groups in total. The molecule has 0 saturated heterocycles. The predicted molar refractivity (Wildman–Crippen MR) is 145 cm³/mol. The van der Waals surface area contributed by atoms with Crippen molar-refractivity contribution in [2.24, 2.45) is 4.99 Å². The van der Waals surface area contributed by atoms with Crippen molar-refractivity contribution in [3.05, 3.63) is 83.0 Å². The Balaban J connectivity index is 1.91. The Morgan fingerprint density at radius 3 is 2.47 bits per heavy atom. The molecule has 4 rings (SSSR count). The average molecular weight is 601 g/mol. The van der Waals surface area contributed by atoms with Gasteiger partial charge >= 0.3 is 11.9 Å². The number of benzene rings is 2. The maximum atomic E-state index is 13.8. The van der Waals surface area contributed by atoms with Crippen molar-refractivity contribution in [1.82, 2.24) is 4.57 Å². The van der Waals surface area contributed by atoms with Crippen LogP contribution >= 0.6 is 27.3 Å². The molecular formula is C27H25BrN2O7S. The molecule has 0 spiro atoms. The molecule has 0 saturated carbocycles. The van der Waals surface area contributed by atoms with Crippen molar-refractivity contribution >= 4 is 45.3 Å². The van der Waals surface area contributed by atoms with Crippen LogP contribution in [0.5, 0.6) is 17.2 Å². The van der Waals surface area contributed by atoms with E-state index in [9.17, 15) is 14.4 Å². The van der Waals surface area contributed by atoms with Crippen LogP contribution in [0.2, 0.25) is 0 Å². The van der Waals surface area contributed by atoms with Gasteiger partial charge in [0.05, 0.1) is 47.1 Å². The summed E-state index contributed by atoms with van der Waals surface area (Å²) >= 11 is 4.61. The van der Waals surface area contributed by atoms with Crippen LogP contribution in [0.3, 0.4) is 0 Å². The van der Waals surface area contributed by atoms with Gasteiger partial charge in [0.2, 0.25) is 0 Å². The normalized spacial score (nSPS) is 15.0. The molecule has 38 heavy (non-hydrogen) atoms. The molecule has 2 aromatic carbocycles. The number of fused-ring (bicyclic) bond motifs is 1. The van der Waals surface area contributed by atoms with E-state index in [-0.39, 0.29) is 17.9 Å². The highest BCUT2D eigenvalue weighted by Crippen LogP contribution is 2.37. The summed E-state index contributed by atoms with van der Waals surface area (Å²) in [6.45, 7) is 4.95. The summed E-state index contributed by atoms with van der Waals surface area (Å²) < 4.78 is 23.6. The quantitative estimate of drug-likeness (QED) is 0.302. The van der Waals surface area contributed by atoms with Gasteiger partial charge in [-0.2, -0.15) is 0 Å². The molecule has 0 amide bonds. The van der Waals surface area contributed by atoms with E-state index in [1.807, 2.05) is 12.1 Å². The maximum absolute atomic E-state index is 13.8. The lowest BCUT2D eigenvalue weighted by molar-refractivity contribution is -0.139. The molecule has 0 unspecified atom stereocenters. The minimum Gasteiger partial charge on any atom is -0.497 e. The summed E-state index contributed by atoms with van der Waals surface area (Å²) in [6, 6.07) is 9.83. The Bertz CT molecular complexity index is 1620. The van der Waals surface area contributed by atoms with E-state index >= 15 is 0 Å². The van der Waals surface area contributed by atoms with Crippen molar-refractivity contribution in [3.63, 3.8) is 0 Å². The third-order valence-corrected chi connectivity index (χ3v) is 7.32. The lowest BCUT2D eigenvalue weighted by atomic mass is 9.96. The van der Waals surface area contributed by atoms with Gasteiger partial charge in [-0.3, -0.25) is 14.2 Å². The van der Waals surface area contributed by atoms with Gasteiger partial charge in [-0.05, 0) is 71.2 Å². The van der Waals surface area contributed by atoms with Gasteiger partial charge in [0.15, 0.2) is 16.3 Å². The molecule has 1 aliphatic heterocycles. The molecule has 2 heterocycles. The fraction of sp³-hybridized carbons (Fsp3) is 0.259. The molecule has 1 atom stereocenters. The van der Waals surface area contributed by atoms with Gasteiger partial charge in [0.25, 0.3) is 5.56 Å². The number of thiazole rings is 1. The number of halogens is 1. The Morgan fingerprint density at radius 2 is 1.87 bits per heavy atom. The third kappa shape index (κ3) is 5.30. The summed E-state index contributed by atoms with van der Waals surface area (Å²) in [5.41, 5.74) is 1.81. The summed E-state index contributed by atoms with van der Waals surface area (Å²) in [5.74, 6) is 0.198. The van der Waals surface area contributed by atoms with Crippen molar-refractivity contribution < 1.29 is 28.5 Å². The van der Waals surface area contributed by atoms with Crippen molar-refractivity contribution in [1.29, 1.82) is 0 Å². The molecular weight excluding hydrogens is 576 g/mol. The van der Waals surface area contributed by atoms with Crippen molar-refractivity contribution in [3.8, 4) is 17.2 Å². The first-order valence-corrected chi connectivity index (χ1v) is 13.2. The number of aromatic nitrogens is 1. The summed E-state index contributed by atoms with van der Waals surface area (Å²) in [4.78, 5) is 43.3. The minimum atomic E-state index is -0.731. The van der Waals surface area contributed by atoms with E-state index in [4.69, 9.17) is 18.9 Å². The van der Waals surface area contributed by atoms with Crippen molar-refractivity contribution in [2.45, 2.75) is 26.8 Å². The summed E-state index contributed by atoms with van der Waals surface area (Å²) in [6.07, 6.45) is 1.70. The summed E-state index contributed by atoms with van der Waals surface area (Å²) in [7, 11) is 3.03. The maximum Gasteiger partial charge on any atom is 0.338 e. The Kier molecular flexibility index (Phi) is 8.17. The lowest BCUT2D eigenvalue weighted by Gasteiger charge is -2.24. The number of rotatable bonds is 7. The first-order chi connectivity index (χ1) is 18.2. The van der Waals surface area contributed by atoms with Gasteiger partial charge in [0, 0.05) is 6.92 Å². The van der Waals surface area contributed by atoms with E-state index < -0.39 is 18.0 Å². The second kappa shape index (κ2) is 11.4. The number of carbonyl (C=O) groups is 2. The van der Waals surface area contributed by atoms with Gasteiger partial charge in [-0.25, -0.2) is 9.79 Å². The van der Waals surface area contributed by atoms with E-state index in [1.165, 1.54) is 29.9 Å². The van der Waals surface area contributed by atoms with Crippen LogP contribution in [0.25, 0.3) is 6.08 Å². The highest BCUT2D eigenvalue weighted by molar-refractivity contribution is 9.10. The number of ether oxygens (including phenoxy) is 4. The topological polar surface area (TPSA) is 105 Å². The molecule has 0 bridgehead atoms. The predicted octanol–water partition coefficient (Wildman–Crippen LogP) is 3.50. The number of hydrogen-bond donors (Lipinski definition) is 0. The first kappa shape index (κ1) is 27.3. The van der Waals surface area contributed by atoms with Gasteiger partial charge in [-0.1, -0.05) is 23.5 Å². The van der Waals surface area contributed by atoms with Crippen LogP contribution in [0, 0.1) is 0 Å². The number of carbonyl (C=O) groups excluding carboxylic acids is 2. The fourth-order valence-electron chi connectivity index (χ4n) is 4.11. The molecule has 0 aliphatic carbocycles. The van der Waals surface area contributed by atoms with E-state index in [2.05, 4.69) is 20.9 Å². The number of allylic oxidation sites excluding steroid dienone is 1. The fourth-order valence-corrected chi connectivity index (χ4v) is 5.70. The van der Waals surface area contributed by atoms with Gasteiger partial charge < -0.3 is 18.9 Å². The number of esters is 2. The lowest BCUT2D eigenvalue weighted by Crippen LogP contribution is -2.39. The zero-order chi connectivity index (χ0) is 27.6. The molecule has 1 aromatic heterocycles. The zero-order valence-electron chi connectivity index (χ0n) is 21.4. The van der Waals surface area contributed by atoms with Crippen LogP contribution in [0.1, 0.15) is 37.9 Å². The standard InChI is InChI=1S/C27H25BrN2O7S/c1-6-36-26(33)22-14(2)29-27-30(23(22)17-7-9-18(34-4)10-8-17)25(32)21(38-27)13-16-11-19(28)24(37-15(3)31)20(12-16)35-5/h7-13,23H,6H2,1-5H3/b21-13-/t23-/m1/s1. The van der Waals surface area contributed by atoms with E-state index in [0.29, 0.717) is 47.7 Å². The average Bonchev–Trinajstić information content (AvgIpc) is 3.18. The molecule has 1 aliphatic rings. The number of hydrogen-bond acceptors (Lipinski definition) is 9. The van der Waals surface area contributed by atoms with Crippen LogP contribution in [-0.4, -0.2) is 37.3 Å². The molecule has 0 radical (unpaired) electrons. The highest BCUT2D eigenvalue weighted by Gasteiger charge is 2.33. The van der Waals surface area contributed by atoms with Gasteiger partial charge in [-0.15, -0.1) is 0 Å². The Labute approximate surface area is 230 Å². The van der Waals surface area contributed by atoms with Gasteiger partial charge in [0.1, 0.15) is 5.75 Å². The Morgan fingerprint density at radius 1 is 1.16 bits per heavy atom. The van der Waals surface area contributed by atoms with Crippen molar-refractivity contribution in [2.75, 3.05) is 20.8 Å². The van der Waals surface area contributed by atoms with Crippen LogP contribution in [-0.2, 0) is 14.3 Å².